The molecule has 9 atom stereocenters. The molecule has 370 valence electrons. The minimum absolute atomic E-state index is 0.0471. The number of rotatable bonds is 39. The number of aliphatic hydroxyl groups is 6. The molecule has 14 nitrogen and oxygen atoms in total. The number of esters is 2. The summed E-state index contributed by atoms with van der Waals surface area (Å²) in [5.74, 6) is -1.16. The third kappa shape index (κ3) is 30.7. The zero-order valence-corrected chi connectivity index (χ0v) is 39.8. The van der Waals surface area contributed by atoms with E-state index in [1.165, 1.54) is 51.4 Å². The summed E-state index contributed by atoms with van der Waals surface area (Å²) in [7, 11) is -5.14. The molecule has 7 N–H and O–H groups in total. The van der Waals surface area contributed by atoms with E-state index in [1.54, 1.807) is 6.08 Å². The van der Waals surface area contributed by atoms with Crippen LogP contribution in [0.3, 0.4) is 0 Å². The summed E-state index contributed by atoms with van der Waals surface area (Å²) in [6.45, 7) is 3.04. The fourth-order valence-corrected chi connectivity index (χ4v) is 7.97. The Balaban J connectivity index is 2.45. The SMILES string of the molecule is CC/C=C/CC(O)/C=C/C=C/CCCCCCCC(=O)O[C@H](COC(=O)CCCCCCCCCCC/C=C\C/C=C\CCCCC)COP(=O)(O)OC1[C@H](O)[C@H](O)C(O)[C@H](O)[C@H]1O. The van der Waals surface area contributed by atoms with Crippen LogP contribution in [0.5, 0.6) is 0 Å². The molecule has 0 saturated heterocycles. The first kappa shape index (κ1) is 59.5. The maximum atomic E-state index is 12.8. The number of hydrogen-bond acceptors (Lipinski definition) is 13. The van der Waals surface area contributed by atoms with Crippen molar-refractivity contribution in [2.75, 3.05) is 13.2 Å². The van der Waals surface area contributed by atoms with Gasteiger partial charge in [0.25, 0.3) is 0 Å². The zero-order chi connectivity index (χ0) is 47.3. The van der Waals surface area contributed by atoms with Gasteiger partial charge in [-0.2, -0.15) is 0 Å². The van der Waals surface area contributed by atoms with Gasteiger partial charge >= 0.3 is 19.8 Å². The number of carbonyl (C=O) groups is 2. The monoisotopic (exact) mass is 929 g/mol. The van der Waals surface area contributed by atoms with E-state index in [4.69, 9.17) is 18.5 Å². The Morgan fingerprint density at radius 1 is 0.578 bits per heavy atom. The van der Waals surface area contributed by atoms with Gasteiger partial charge in [-0.25, -0.2) is 4.57 Å². The summed E-state index contributed by atoms with van der Waals surface area (Å²) < 4.78 is 33.5. The molecule has 1 aliphatic rings. The molecule has 0 radical (unpaired) electrons. The molecular weight excluding hydrogens is 843 g/mol. The fraction of sp³-hybridized carbons (Fsp3) is 0.755. The molecule has 0 heterocycles. The van der Waals surface area contributed by atoms with E-state index >= 15 is 0 Å². The summed E-state index contributed by atoms with van der Waals surface area (Å²) in [5, 5.41) is 60.1. The summed E-state index contributed by atoms with van der Waals surface area (Å²) in [6, 6.07) is 0. The van der Waals surface area contributed by atoms with Crippen molar-refractivity contribution in [3.63, 3.8) is 0 Å². The van der Waals surface area contributed by atoms with Crippen LogP contribution in [0.25, 0.3) is 0 Å². The van der Waals surface area contributed by atoms with Crippen LogP contribution in [0.1, 0.15) is 174 Å². The van der Waals surface area contributed by atoms with Crippen LogP contribution in [0.4, 0.5) is 0 Å². The third-order valence-corrected chi connectivity index (χ3v) is 11.9. The number of unbranched alkanes of at least 4 members (excludes halogenated alkanes) is 17. The van der Waals surface area contributed by atoms with E-state index in [-0.39, 0.29) is 12.8 Å². The van der Waals surface area contributed by atoms with E-state index < -0.39 is 81.8 Å². The van der Waals surface area contributed by atoms with Crippen molar-refractivity contribution in [3.05, 3.63) is 60.8 Å². The lowest BCUT2D eigenvalue weighted by atomic mass is 9.85. The predicted octanol–water partition coefficient (Wildman–Crippen LogP) is 8.70. The molecule has 4 unspecified atom stereocenters. The molecule has 0 spiro atoms. The molecule has 64 heavy (non-hydrogen) atoms. The molecule has 1 rings (SSSR count). The second-order valence-corrected chi connectivity index (χ2v) is 18.2. The maximum absolute atomic E-state index is 12.8. The molecule has 1 aliphatic carbocycles. The van der Waals surface area contributed by atoms with Gasteiger partial charge in [-0.05, 0) is 70.6 Å². The minimum Gasteiger partial charge on any atom is -0.462 e. The molecule has 0 aromatic rings. The Morgan fingerprint density at radius 2 is 1.08 bits per heavy atom. The van der Waals surface area contributed by atoms with E-state index in [2.05, 4.69) is 31.2 Å². The number of hydrogen-bond donors (Lipinski definition) is 7. The Kier molecular flexibility index (Phi) is 35.9. The van der Waals surface area contributed by atoms with Crippen molar-refractivity contribution >= 4 is 19.8 Å². The van der Waals surface area contributed by atoms with Crippen molar-refractivity contribution < 1.29 is 68.2 Å². The van der Waals surface area contributed by atoms with Gasteiger partial charge in [-0.15, -0.1) is 0 Å². The van der Waals surface area contributed by atoms with E-state index in [1.807, 2.05) is 37.3 Å². The van der Waals surface area contributed by atoms with Crippen LogP contribution in [0.2, 0.25) is 0 Å². The van der Waals surface area contributed by atoms with Gasteiger partial charge in [0.15, 0.2) is 6.10 Å². The maximum Gasteiger partial charge on any atom is 0.472 e. The number of phosphoric acid groups is 1. The van der Waals surface area contributed by atoms with Gasteiger partial charge in [0.1, 0.15) is 43.2 Å². The molecule has 0 aliphatic heterocycles. The Morgan fingerprint density at radius 3 is 1.64 bits per heavy atom. The van der Waals surface area contributed by atoms with E-state index in [9.17, 15) is 49.7 Å². The van der Waals surface area contributed by atoms with E-state index in [0.29, 0.717) is 19.3 Å². The third-order valence-electron chi connectivity index (χ3n) is 10.9. The average molecular weight is 929 g/mol. The van der Waals surface area contributed by atoms with Gasteiger partial charge < -0.3 is 45.0 Å². The molecule has 1 saturated carbocycles. The van der Waals surface area contributed by atoms with Crippen LogP contribution in [0.15, 0.2) is 60.8 Å². The van der Waals surface area contributed by atoms with Gasteiger partial charge in [0.05, 0.1) is 12.7 Å². The number of allylic oxidation sites excluding steroid dienone is 8. The van der Waals surface area contributed by atoms with Gasteiger partial charge in [0, 0.05) is 12.8 Å². The first-order valence-electron chi connectivity index (χ1n) is 24.2. The molecule has 15 heteroatoms. The quantitative estimate of drug-likeness (QED) is 0.0101. The summed E-state index contributed by atoms with van der Waals surface area (Å²) in [4.78, 5) is 35.8. The highest BCUT2D eigenvalue weighted by atomic mass is 31.2. The molecular formula is C49H85O14P. The summed E-state index contributed by atoms with van der Waals surface area (Å²) in [6.07, 6.45) is 30.2. The number of phosphoric ester groups is 1. The topological polar surface area (TPSA) is 230 Å². The van der Waals surface area contributed by atoms with Crippen molar-refractivity contribution in [1.29, 1.82) is 0 Å². The molecule has 1 fully saturated rings. The second-order valence-electron chi connectivity index (χ2n) is 16.8. The van der Waals surface area contributed by atoms with Gasteiger partial charge in [-0.3, -0.25) is 18.6 Å². The highest BCUT2D eigenvalue weighted by Crippen LogP contribution is 2.47. The lowest BCUT2D eigenvalue weighted by Gasteiger charge is -2.41. The largest absolute Gasteiger partial charge is 0.472 e. The minimum atomic E-state index is -5.14. The first-order valence-corrected chi connectivity index (χ1v) is 25.7. The lowest BCUT2D eigenvalue weighted by molar-refractivity contribution is -0.220. The van der Waals surface area contributed by atoms with Crippen molar-refractivity contribution in [2.24, 2.45) is 0 Å². The highest BCUT2D eigenvalue weighted by Gasteiger charge is 2.51. The number of carbonyl (C=O) groups excluding carboxylic acids is 2. The fourth-order valence-electron chi connectivity index (χ4n) is 7.00. The van der Waals surface area contributed by atoms with Crippen LogP contribution in [-0.4, -0.2) is 110 Å². The Labute approximate surface area is 384 Å². The first-order chi connectivity index (χ1) is 30.8. The van der Waals surface area contributed by atoms with Crippen LogP contribution in [0, 0.1) is 0 Å². The van der Waals surface area contributed by atoms with Crippen molar-refractivity contribution in [2.45, 2.75) is 223 Å². The predicted molar refractivity (Wildman–Crippen MR) is 250 cm³/mol. The molecule has 0 bridgehead atoms. The molecule has 0 amide bonds. The van der Waals surface area contributed by atoms with Gasteiger partial charge in [0.2, 0.25) is 0 Å². The zero-order valence-electron chi connectivity index (χ0n) is 38.9. The summed E-state index contributed by atoms with van der Waals surface area (Å²) >= 11 is 0. The number of ether oxygens (including phenoxy) is 2. The second kappa shape index (κ2) is 38.6. The molecule has 0 aromatic heterocycles. The average Bonchev–Trinajstić information content (AvgIpc) is 3.27. The van der Waals surface area contributed by atoms with Gasteiger partial charge in [-0.1, -0.05) is 152 Å². The normalized spacial score (nSPS) is 22.6. The standard InChI is InChI=1S/C49H85O14P/c1-3-5-7-8-9-10-11-12-13-14-15-16-17-18-19-22-25-28-32-36-42(51)60-38-41(39-61-64(58,59)63-49-47(56)45(54)44(53)46(55)48(49)57)62-43(52)37-33-29-26-23-20-21-24-27-31-35-40(50)34-30-6-4-2/h6,9-10,12-13,24,27,30-31,35,40-41,44-50,53-57H,3-5,7-8,11,14-23,25-26,28-29,32-34,36-39H2,1-2H3,(H,58,59)/b10-9-,13-12-,27-24+,30-6+,35-31+/t40?,41-,44?,45-,46+,47-,48-,49?/m1/s1. The number of aliphatic hydroxyl groups excluding tert-OH is 6. The summed E-state index contributed by atoms with van der Waals surface area (Å²) in [5.41, 5.74) is 0. The Bertz CT molecular complexity index is 1370. The van der Waals surface area contributed by atoms with Crippen LogP contribution >= 0.6 is 7.82 Å². The van der Waals surface area contributed by atoms with Crippen molar-refractivity contribution in [3.8, 4) is 0 Å². The van der Waals surface area contributed by atoms with Crippen LogP contribution in [-0.2, 0) is 32.7 Å². The molecule has 0 aromatic carbocycles. The Hall–Kier alpha value is -2.49. The van der Waals surface area contributed by atoms with Crippen molar-refractivity contribution in [1.82, 2.24) is 0 Å². The van der Waals surface area contributed by atoms with E-state index in [0.717, 1.165) is 77.0 Å². The highest BCUT2D eigenvalue weighted by molar-refractivity contribution is 7.47. The smallest absolute Gasteiger partial charge is 0.462 e. The van der Waals surface area contributed by atoms with Crippen LogP contribution < -0.4 is 0 Å². The lowest BCUT2D eigenvalue weighted by Crippen LogP contribution is -2.64.